The summed E-state index contributed by atoms with van der Waals surface area (Å²) in [7, 11) is 2.02. The second kappa shape index (κ2) is 6.01. The minimum Gasteiger partial charge on any atom is -0.381 e. The van der Waals surface area contributed by atoms with Gasteiger partial charge in [-0.1, -0.05) is 0 Å². The van der Waals surface area contributed by atoms with E-state index < -0.39 is 0 Å². The van der Waals surface area contributed by atoms with Crippen LogP contribution in [0.15, 0.2) is 6.33 Å². The second-order valence-corrected chi connectivity index (χ2v) is 5.92. The van der Waals surface area contributed by atoms with Crippen molar-refractivity contribution >= 4 is 0 Å². The highest BCUT2D eigenvalue weighted by Gasteiger charge is 2.28. The molecule has 0 amide bonds. The molecule has 2 saturated heterocycles. The third-order valence-electron chi connectivity index (χ3n) is 4.74. The molecule has 19 heavy (non-hydrogen) atoms. The Balaban J connectivity index is 1.48. The number of hydrogen-bond acceptors (Lipinski definition) is 4. The summed E-state index contributed by atoms with van der Waals surface area (Å²) >= 11 is 0. The molecule has 3 heterocycles. The Morgan fingerprint density at radius 3 is 2.47 bits per heavy atom. The van der Waals surface area contributed by atoms with Crippen LogP contribution in [0.3, 0.4) is 0 Å². The van der Waals surface area contributed by atoms with E-state index >= 15 is 0 Å². The summed E-state index contributed by atoms with van der Waals surface area (Å²) < 4.78 is 7.48. The van der Waals surface area contributed by atoms with E-state index in [0.29, 0.717) is 0 Å². The van der Waals surface area contributed by atoms with Crippen LogP contribution in [-0.4, -0.2) is 46.0 Å². The van der Waals surface area contributed by atoms with Crippen LogP contribution in [0.25, 0.3) is 0 Å². The highest BCUT2D eigenvalue weighted by molar-refractivity contribution is 4.87. The number of likely N-dealkylation sites (tertiary alicyclic amines) is 1. The predicted molar refractivity (Wildman–Crippen MR) is 72.5 cm³/mol. The zero-order valence-electron chi connectivity index (χ0n) is 11.8. The Hall–Kier alpha value is -0.940. The molecule has 5 nitrogen and oxygen atoms in total. The van der Waals surface area contributed by atoms with Gasteiger partial charge in [0.15, 0.2) is 0 Å². The lowest BCUT2D eigenvalue weighted by Crippen LogP contribution is -2.37. The first-order valence-electron chi connectivity index (χ1n) is 7.46. The maximum absolute atomic E-state index is 5.47. The third kappa shape index (κ3) is 3.15. The van der Waals surface area contributed by atoms with Crippen LogP contribution in [0.2, 0.25) is 0 Å². The number of ether oxygens (including phenoxy) is 1. The molecule has 2 fully saturated rings. The molecule has 1 aromatic heterocycles. The normalized spacial score (nSPS) is 23.8. The molecule has 1 aromatic rings. The van der Waals surface area contributed by atoms with E-state index in [-0.39, 0.29) is 0 Å². The number of aryl methyl sites for hydroxylation is 1. The fourth-order valence-corrected chi connectivity index (χ4v) is 3.42. The van der Waals surface area contributed by atoms with E-state index in [9.17, 15) is 0 Å². The summed E-state index contributed by atoms with van der Waals surface area (Å²) in [6.45, 7) is 5.30. The van der Waals surface area contributed by atoms with Crippen molar-refractivity contribution in [2.24, 2.45) is 18.9 Å². The van der Waals surface area contributed by atoms with Gasteiger partial charge in [-0.2, -0.15) is 0 Å². The van der Waals surface area contributed by atoms with Gasteiger partial charge in [0.2, 0.25) is 0 Å². The summed E-state index contributed by atoms with van der Waals surface area (Å²) in [5, 5.41) is 8.12. The van der Waals surface area contributed by atoms with Gasteiger partial charge in [-0.05, 0) is 50.6 Å². The van der Waals surface area contributed by atoms with Crippen molar-refractivity contribution in [3.63, 3.8) is 0 Å². The lowest BCUT2D eigenvalue weighted by molar-refractivity contribution is 0.0292. The van der Waals surface area contributed by atoms with Gasteiger partial charge >= 0.3 is 0 Å². The molecule has 0 bridgehead atoms. The van der Waals surface area contributed by atoms with Crippen molar-refractivity contribution in [1.29, 1.82) is 0 Å². The predicted octanol–water partition coefficient (Wildman–Crippen LogP) is 1.45. The average molecular weight is 264 g/mol. The molecule has 2 aliphatic heterocycles. The highest BCUT2D eigenvalue weighted by atomic mass is 16.5. The van der Waals surface area contributed by atoms with Gasteiger partial charge in [0, 0.05) is 20.3 Å². The van der Waals surface area contributed by atoms with E-state index in [1.54, 1.807) is 6.33 Å². The van der Waals surface area contributed by atoms with Crippen LogP contribution >= 0.6 is 0 Å². The zero-order chi connectivity index (χ0) is 13.1. The Morgan fingerprint density at radius 2 is 1.84 bits per heavy atom. The van der Waals surface area contributed by atoms with Crippen molar-refractivity contribution in [2.75, 3.05) is 26.3 Å². The van der Waals surface area contributed by atoms with E-state index in [4.69, 9.17) is 4.74 Å². The average Bonchev–Trinajstić information content (AvgIpc) is 2.86. The Morgan fingerprint density at radius 1 is 1.16 bits per heavy atom. The molecule has 2 aliphatic rings. The van der Waals surface area contributed by atoms with Gasteiger partial charge in [-0.15, -0.1) is 10.2 Å². The quantitative estimate of drug-likeness (QED) is 0.829. The summed E-state index contributed by atoms with van der Waals surface area (Å²) in [4.78, 5) is 2.51. The van der Waals surface area contributed by atoms with Gasteiger partial charge in [-0.3, -0.25) is 4.90 Å². The van der Waals surface area contributed by atoms with Crippen molar-refractivity contribution in [1.82, 2.24) is 19.7 Å². The molecule has 106 valence electrons. The first kappa shape index (κ1) is 13.1. The largest absolute Gasteiger partial charge is 0.381 e. The van der Waals surface area contributed by atoms with Gasteiger partial charge < -0.3 is 9.30 Å². The summed E-state index contributed by atoms with van der Waals surface area (Å²) in [5.74, 6) is 2.90. The molecule has 0 aromatic carbocycles. The van der Waals surface area contributed by atoms with Gasteiger partial charge in [-0.25, -0.2) is 0 Å². The molecule has 0 unspecified atom stereocenters. The lowest BCUT2D eigenvalue weighted by atomic mass is 9.80. The second-order valence-electron chi connectivity index (χ2n) is 5.92. The topological polar surface area (TPSA) is 43.2 Å². The van der Waals surface area contributed by atoms with Crippen molar-refractivity contribution in [3.05, 3.63) is 12.2 Å². The minimum absolute atomic E-state index is 0.908. The molecule has 0 aliphatic carbocycles. The van der Waals surface area contributed by atoms with E-state index in [1.165, 1.54) is 38.8 Å². The van der Waals surface area contributed by atoms with Gasteiger partial charge in [0.05, 0.1) is 6.54 Å². The Kier molecular flexibility index (Phi) is 4.13. The fourth-order valence-electron chi connectivity index (χ4n) is 3.42. The molecular weight excluding hydrogens is 240 g/mol. The monoisotopic (exact) mass is 264 g/mol. The third-order valence-corrected chi connectivity index (χ3v) is 4.74. The van der Waals surface area contributed by atoms with Gasteiger partial charge in [0.25, 0.3) is 0 Å². The Bertz CT molecular complexity index is 392. The SMILES string of the molecule is Cn1cnnc1CN1CCC(C2CCOCC2)CC1. The molecule has 5 heteroatoms. The number of rotatable bonds is 3. The maximum Gasteiger partial charge on any atom is 0.146 e. The van der Waals surface area contributed by atoms with Crippen LogP contribution in [0, 0.1) is 11.8 Å². The van der Waals surface area contributed by atoms with Crippen LogP contribution < -0.4 is 0 Å². The van der Waals surface area contributed by atoms with Crippen LogP contribution in [0.1, 0.15) is 31.5 Å². The van der Waals surface area contributed by atoms with Crippen LogP contribution in [0.5, 0.6) is 0 Å². The summed E-state index contributed by atoms with van der Waals surface area (Å²) in [5.41, 5.74) is 0. The van der Waals surface area contributed by atoms with E-state index in [1.807, 2.05) is 11.6 Å². The minimum atomic E-state index is 0.908. The van der Waals surface area contributed by atoms with Gasteiger partial charge in [0.1, 0.15) is 12.2 Å². The maximum atomic E-state index is 5.47. The molecule has 0 saturated carbocycles. The standard InChI is InChI=1S/C14H24N4O/c1-17-11-15-16-14(17)10-18-6-2-12(3-7-18)13-4-8-19-9-5-13/h11-13H,2-10H2,1H3. The molecule has 0 radical (unpaired) electrons. The highest BCUT2D eigenvalue weighted by Crippen LogP contribution is 2.31. The molecular formula is C14H24N4O. The lowest BCUT2D eigenvalue weighted by Gasteiger charge is -2.37. The molecule has 3 rings (SSSR count). The summed E-state index contributed by atoms with van der Waals surface area (Å²) in [6, 6.07) is 0. The molecule has 0 N–H and O–H groups in total. The zero-order valence-corrected chi connectivity index (χ0v) is 11.8. The number of aromatic nitrogens is 3. The molecule has 0 atom stereocenters. The fraction of sp³-hybridized carbons (Fsp3) is 0.857. The number of nitrogens with zero attached hydrogens (tertiary/aromatic N) is 4. The van der Waals surface area contributed by atoms with Crippen molar-refractivity contribution in [2.45, 2.75) is 32.2 Å². The number of hydrogen-bond donors (Lipinski definition) is 0. The molecule has 0 spiro atoms. The Labute approximate surface area is 114 Å². The van der Waals surface area contributed by atoms with Crippen molar-refractivity contribution < 1.29 is 4.74 Å². The summed E-state index contributed by atoms with van der Waals surface area (Å²) in [6.07, 6.45) is 7.00. The smallest absolute Gasteiger partial charge is 0.146 e. The first-order valence-corrected chi connectivity index (χ1v) is 7.46. The van der Waals surface area contributed by atoms with Crippen LogP contribution in [-0.2, 0) is 18.3 Å². The van der Waals surface area contributed by atoms with E-state index in [2.05, 4.69) is 15.1 Å². The van der Waals surface area contributed by atoms with E-state index in [0.717, 1.165) is 37.4 Å². The first-order chi connectivity index (χ1) is 9.33. The van der Waals surface area contributed by atoms with Crippen LogP contribution in [0.4, 0.5) is 0 Å². The van der Waals surface area contributed by atoms with Crippen molar-refractivity contribution in [3.8, 4) is 0 Å². The number of piperidine rings is 1.